The minimum absolute atomic E-state index is 0.365. The van der Waals surface area contributed by atoms with E-state index in [1.165, 1.54) is 32.1 Å². The summed E-state index contributed by atoms with van der Waals surface area (Å²) in [7, 11) is 0. The Morgan fingerprint density at radius 3 is 2.21 bits per heavy atom. The number of likely N-dealkylation sites (tertiary alicyclic amines) is 1. The molecule has 106 valence electrons. The van der Waals surface area contributed by atoms with Gasteiger partial charge in [-0.25, -0.2) is 0 Å². The summed E-state index contributed by atoms with van der Waals surface area (Å²) in [6.45, 7) is 2.38. The minimum atomic E-state index is 0.365. The number of hydrogen-bond acceptors (Lipinski definition) is 2. The third kappa shape index (κ3) is 1.93. The molecule has 4 bridgehead atoms. The van der Waals surface area contributed by atoms with Gasteiger partial charge in [-0.05, 0) is 67.6 Å². The summed E-state index contributed by atoms with van der Waals surface area (Å²) < 4.78 is 0. The van der Waals surface area contributed by atoms with Crippen molar-refractivity contribution in [3.05, 3.63) is 0 Å². The third-order valence-electron chi connectivity index (χ3n) is 6.49. The predicted molar refractivity (Wildman–Crippen MR) is 74.3 cm³/mol. The van der Waals surface area contributed by atoms with Gasteiger partial charge in [-0.15, -0.1) is 0 Å². The van der Waals surface area contributed by atoms with Gasteiger partial charge in [0.25, 0.3) is 0 Å². The number of nitrogens with zero attached hydrogens (tertiary/aromatic N) is 1. The Bertz CT molecular complexity index is 353. The van der Waals surface area contributed by atoms with Crippen molar-refractivity contribution in [2.75, 3.05) is 19.6 Å². The van der Waals surface area contributed by atoms with E-state index in [1.807, 2.05) is 4.90 Å². The molecule has 1 amide bonds. The molecular formula is C16H26N2O. The Labute approximate surface area is 115 Å². The van der Waals surface area contributed by atoms with Crippen molar-refractivity contribution in [1.82, 2.24) is 4.90 Å². The van der Waals surface area contributed by atoms with Gasteiger partial charge in [0.1, 0.15) is 0 Å². The second-order valence-corrected chi connectivity index (χ2v) is 7.60. The van der Waals surface area contributed by atoms with Crippen LogP contribution in [-0.4, -0.2) is 30.4 Å². The standard InChI is InChI=1S/C16H26N2O/c17-1-2-18-9-14(8-15(18)19)16-12-4-10-3-11(6-12)7-13(16)5-10/h10-14,16H,1-9,17H2. The Balaban J connectivity index is 1.49. The molecule has 19 heavy (non-hydrogen) atoms. The first-order chi connectivity index (χ1) is 9.24. The summed E-state index contributed by atoms with van der Waals surface area (Å²) in [6, 6.07) is 0. The van der Waals surface area contributed by atoms with Gasteiger partial charge in [-0.1, -0.05) is 0 Å². The van der Waals surface area contributed by atoms with Crippen molar-refractivity contribution < 1.29 is 4.79 Å². The molecule has 5 rings (SSSR count). The molecule has 0 spiro atoms. The van der Waals surface area contributed by atoms with Crippen LogP contribution in [0.4, 0.5) is 0 Å². The monoisotopic (exact) mass is 262 g/mol. The zero-order chi connectivity index (χ0) is 13.0. The molecule has 5 aliphatic rings. The fourth-order valence-electron chi connectivity index (χ4n) is 6.17. The lowest BCUT2D eigenvalue weighted by molar-refractivity contribution is -0.127. The predicted octanol–water partition coefficient (Wildman–Crippen LogP) is 1.87. The lowest BCUT2D eigenvalue weighted by Gasteiger charge is -2.56. The maximum atomic E-state index is 12.1. The SMILES string of the molecule is NCCN1CC(C2C3CC4CC(C3)CC2C4)CC1=O. The highest BCUT2D eigenvalue weighted by atomic mass is 16.2. The number of carbonyl (C=O) groups is 1. The van der Waals surface area contributed by atoms with Gasteiger partial charge < -0.3 is 10.6 Å². The molecule has 4 aliphatic carbocycles. The zero-order valence-electron chi connectivity index (χ0n) is 11.8. The minimum Gasteiger partial charge on any atom is -0.341 e. The number of nitrogens with two attached hydrogens (primary N) is 1. The van der Waals surface area contributed by atoms with Crippen LogP contribution in [0.5, 0.6) is 0 Å². The van der Waals surface area contributed by atoms with E-state index in [4.69, 9.17) is 5.73 Å². The van der Waals surface area contributed by atoms with Crippen LogP contribution < -0.4 is 5.73 Å². The van der Waals surface area contributed by atoms with Gasteiger partial charge in [0.15, 0.2) is 0 Å². The highest BCUT2D eigenvalue weighted by Gasteiger charge is 2.52. The number of amides is 1. The first-order valence-corrected chi connectivity index (χ1v) is 8.22. The molecule has 3 nitrogen and oxygen atoms in total. The Morgan fingerprint density at radius 1 is 1.00 bits per heavy atom. The number of hydrogen-bond donors (Lipinski definition) is 1. The molecule has 0 aromatic rings. The van der Waals surface area contributed by atoms with Gasteiger partial charge in [-0.3, -0.25) is 4.79 Å². The summed E-state index contributed by atoms with van der Waals surface area (Å²) in [5.41, 5.74) is 5.62. The molecule has 5 fully saturated rings. The summed E-state index contributed by atoms with van der Waals surface area (Å²) in [5.74, 6) is 5.85. The first-order valence-electron chi connectivity index (χ1n) is 8.22. The highest BCUT2D eigenvalue weighted by molar-refractivity contribution is 5.78. The second kappa shape index (κ2) is 4.47. The maximum Gasteiger partial charge on any atom is 0.222 e. The Hall–Kier alpha value is -0.570. The molecule has 1 saturated heterocycles. The largest absolute Gasteiger partial charge is 0.341 e. The molecule has 1 aliphatic heterocycles. The van der Waals surface area contributed by atoms with Crippen molar-refractivity contribution in [2.45, 2.75) is 38.5 Å². The lowest BCUT2D eigenvalue weighted by Crippen LogP contribution is -2.48. The quantitative estimate of drug-likeness (QED) is 0.844. The molecule has 1 heterocycles. The average Bonchev–Trinajstić information content (AvgIpc) is 2.70. The van der Waals surface area contributed by atoms with E-state index in [9.17, 15) is 4.79 Å². The van der Waals surface area contributed by atoms with Crippen molar-refractivity contribution in [1.29, 1.82) is 0 Å². The van der Waals surface area contributed by atoms with Crippen molar-refractivity contribution in [2.24, 2.45) is 41.2 Å². The zero-order valence-corrected chi connectivity index (χ0v) is 11.8. The van der Waals surface area contributed by atoms with Gasteiger partial charge in [-0.2, -0.15) is 0 Å². The van der Waals surface area contributed by atoms with E-state index < -0.39 is 0 Å². The van der Waals surface area contributed by atoms with E-state index in [-0.39, 0.29) is 0 Å². The fraction of sp³-hybridized carbons (Fsp3) is 0.938. The topological polar surface area (TPSA) is 46.3 Å². The molecular weight excluding hydrogens is 236 g/mol. The van der Waals surface area contributed by atoms with Crippen LogP contribution in [0.15, 0.2) is 0 Å². The normalized spacial score (nSPS) is 48.3. The lowest BCUT2D eigenvalue weighted by atomic mass is 9.49. The van der Waals surface area contributed by atoms with Crippen molar-refractivity contribution >= 4 is 5.91 Å². The van der Waals surface area contributed by atoms with E-state index in [0.717, 1.165) is 49.1 Å². The second-order valence-electron chi connectivity index (χ2n) is 7.60. The summed E-state index contributed by atoms with van der Waals surface area (Å²) in [4.78, 5) is 14.1. The molecule has 1 unspecified atom stereocenters. The van der Waals surface area contributed by atoms with E-state index in [0.29, 0.717) is 18.4 Å². The van der Waals surface area contributed by atoms with Crippen molar-refractivity contribution in [3.63, 3.8) is 0 Å². The van der Waals surface area contributed by atoms with Crippen LogP contribution in [0.2, 0.25) is 0 Å². The van der Waals surface area contributed by atoms with Crippen LogP contribution in [-0.2, 0) is 4.79 Å². The first kappa shape index (κ1) is 12.2. The van der Waals surface area contributed by atoms with Gasteiger partial charge in [0.05, 0.1) is 0 Å². The Morgan fingerprint density at radius 2 is 1.63 bits per heavy atom. The van der Waals surface area contributed by atoms with Gasteiger partial charge in [0, 0.05) is 26.1 Å². The summed E-state index contributed by atoms with van der Waals surface area (Å²) in [5, 5.41) is 0. The molecule has 0 radical (unpaired) electrons. The molecule has 3 heteroatoms. The van der Waals surface area contributed by atoms with Gasteiger partial charge >= 0.3 is 0 Å². The van der Waals surface area contributed by atoms with E-state index >= 15 is 0 Å². The fourth-order valence-corrected chi connectivity index (χ4v) is 6.17. The number of rotatable bonds is 3. The van der Waals surface area contributed by atoms with Crippen LogP contribution in [0.3, 0.4) is 0 Å². The van der Waals surface area contributed by atoms with Crippen molar-refractivity contribution in [3.8, 4) is 0 Å². The molecule has 1 atom stereocenters. The van der Waals surface area contributed by atoms with Crippen LogP contribution in [0.25, 0.3) is 0 Å². The Kier molecular flexibility index (Phi) is 2.87. The average molecular weight is 262 g/mol. The van der Waals surface area contributed by atoms with E-state index in [1.54, 1.807) is 0 Å². The molecule has 2 N–H and O–H groups in total. The smallest absolute Gasteiger partial charge is 0.222 e. The molecule has 0 aromatic heterocycles. The van der Waals surface area contributed by atoms with E-state index in [2.05, 4.69) is 0 Å². The van der Waals surface area contributed by atoms with Crippen LogP contribution >= 0.6 is 0 Å². The third-order valence-corrected chi connectivity index (χ3v) is 6.49. The van der Waals surface area contributed by atoms with Crippen LogP contribution in [0.1, 0.15) is 38.5 Å². The van der Waals surface area contributed by atoms with Crippen LogP contribution in [0, 0.1) is 35.5 Å². The maximum absolute atomic E-state index is 12.1. The summed E-state index contributed by atoms with van der Waals surface area (Å²) in [6.07, 6.45) is 8.21. The number of carbonyl (C=O) groups excluding carboxylic acids is 1. The van der Waals surface area contributed by atoms with Gasteiger partial charge in [0.2, 0.25) is 5.91 Å². The highest BCUT2D eigenvalue weighted by Crippen LogP contribution is 2.59. The molecule has 4 saturated carbocycles. The molecule has 0 aromatic carbocycles. The summed E-state index contributed by atoms with van der Waals surface area (Å²) >= 11 is 0.